The summed E-state index contributed by atoms with van der Waals surface area (Å²) in [7, 11) is 0. The highest BCUT2D eigenvalue weighted by Crippen LogP contribution is 2.31. The normalized spacial score (nSPS) is 11.6. The van der Waals surface area contributed by atoms with Crippen LogP contribution in [0, 0.1) is 0 Å². The number of benzene rings is 2. The smallest absolute Gasteiger partial charge is 0.221 e. The molecule has 2 aromatic carbocycles. The van der Waals surface area contributed by atoms with Crippen LogP contribution < -0.4 is 5.73 Å². The van der Waals surface area contributed by atoms with E-state index in [2.05, 4.69) is 38.0 Å². The topological polar surface area (TPSA) is 60.9 Å². The Labute approximate surface area is 168 Å². The second-order valence-corrected chi connectivity index (χ2v) is 8.33. The molecule has 0 saturated heterocycles. The fourth-order valence-electron chi connectivity index (χ4n) is 2.86. The largest absolute Gasteiger partial charge is 0.369 e. The lowest BCUT2D eigenvalue weighted by Crippen LogP contribution is -2.13. The first-order valence-electron chi connectivity index (χ1n) is 8.58. The Balaban J connectivity index is 2.06. The Morgan fingerprint density at radius 1 is 1.07 bits per heavy atom. The zero-order valence-corrected chi connectivity index (χ0v) is 17.0. The molecule has 1 aromatic heterocycles. The van der Waals surface area contributed by atoms with Crippen LogP contribution in [0.15, 0.2) is 48.7 Å². The van der Waals surface area contributed by atoms with E-state index in [0.29, 0.717) is 15.7 Å². The minimum Gasteiger partial charge on any atom is -0.369 e. The summed E-state index contributed by atoms with van der Waals surface area (Å²) < 4.78 is 1.75. The number of halogens is 2. The standard InChI is InChI=1S/C21H21Cl2N3O/c1-21(2,3)15-5-7-16(8-6-15)26-12-14(11-19(24)27)20(25-26)13-4-9-17(22)18(23)10-13/h4-10,12H,11H2,1-3H3,(H2,24,27). The van der Waals surface area contributed by atoms with Gasteiger partial charge in [0.05, 0.1) is 27.8 Å². The number of aromatic nitrogens is 2. The van der Waals surface area contributed by atoms with Crippen molar-refractivity contribution in [1.29, 1.82) is 0 Å². The predicted octanol–water partition coefficient (Wildman–Crippen LogP) is 5.17. The minimum atomic E-state index is -0.418. The quantitative estimate of drug-likeness (QED) is 0.654. The van der Waals surface area contributed by atoms with Crippen LogP contribution in [0.3, 0.4) is 0 Å². The van der Waals surface area contributed by atoms with E-state index in [4.69, 9.17) is 28.9 Å². The van der Waals surface area contributed by atoms with Crippen LogP contribution in [0.5, 0.6) is 0 Å². The van der Waals surface area contributed by atoms with Gasteiger partial charge in [-0.05, 0) is 35.2 Å². The summed E-state index contributed by atoms with van der Waals surface area (Å²) in [5.41, 5.74) is 9.81. The molecule has 6 heteroatoms. The number of nitrogens with zero attached hydrogens (tertiary/aromatic N) is 2. The van der Waals surface area contributed by atoms with E-state index >= 15 is 0 Å². The highest BCUT2D eigenvalue weighted by atomic mass is 35.5. The number of rotatable bonds is 4. The van der Waals surface area contributed by atoms with Crippen molar-refractivity contribution >= 4 is 29.1 Å². The van der Waals surface area contributed by atoms with E-state index < -0.39 is 5.91 Å². The van der Waals surface area contributed by atoms with Crippen molar-refractivity contribution in [3.05, 3.63) is 69.8 Å². The highest BCUT2D eigenvalue weighted by molar-refractivity contribution is 6.42. The molecule has 2 N–H and O–H groups in total. The van der Waals surface area contributed by atoms with Crippen LogP contribution in [-0.4, -0.2) is 15.7 Å². The van der Waals surface area contributed by atoms with E-state index in [1.165, 1.54) is 5.56 Å². The van der Waals surface area contributed by atoms with Gasteiger partial charge in [-0.1, -0.05) is 62.2 Å². The molecule has 1 heterocycles. The van der Waals surface area contributed by atoms with Crippen molar-refractivity contribution < 1.29 is 4.79 Å². The lowest BCUT2D eigenvalue weighted by Gasteiger charge is -2.19. The predicted molar refractivity (Wildman–Crippen MR) is 111 cm³/mol. The average molecular weight is 402 g/mol. The van der Waals surface area contributed by atoms with Gasteiger partial charge in [-0.25, -0.2) is 4.68 Å². The van der Waals surface area contributed by atoms with Crippen molar-refractivity contribution in [2.45, 2.75) is 32.6 Å². The molecule has 0 aliphatic heterocycles. The van der Waals surface area contributed by atoms with Crippen LogP contribution in [0.1, 0.15) is 31.9 Å². The molecule has 3 rings (SSSR count). The third kappa shape index (κ3) is 4.34. The number of hydrogen-bond donors (Lipinski definition) is 1. The molecule has 1 amide bonds. The summed E-state index contributed by atoms with van der Waals surface area (Å²) in [5, 5.41) is 5.57. The second-order valence-electron chi connectivity index (χ2n) is 7.52. The lowest BCUT2D eigenvalue weighted by atomic mass is 9.87. The van der Waals surface area contributed by atoms with Crippen LogP contribution in [-0.2, 0) is 16.6 Å². The summed E-state index contributed by atoms with van der Waals surface area (Å²) in [4.78, 5) is 11.5. The zero-order valence-electron chi connectivity index (χ0n) is 15.5. The second kappa shape index (κ2) is 7.37. The van der Waals surface area contributed by atoms with Crippen molar-refractivity contribution in [3.63, 3.8) is 0 Å². The van der Waals surface area contributed by atoms with E-state index in [1.807, 2.05) is 24.4 Å². The molecule has 0 aliphatic carbocycles. The maximum atomic E-state index is 11.5. The van der Waals surface area contributed by atoms with Gasteiger partial charge in [0.15, 0.2) is 0 Å². The number of carbonyl (C=O) groups is 1. The summed E-state index contributed by atoms with van der Waals surface area (Å²) in [5.74, 6) is -0.418. The third-order valence-electron chi connectivity index (χ3n) is 4.35. The van der Waals surface area contributed by atoms with Crippen molar-refractivity contribution in [2.75, 3.05) is 0 Å². The number of amides is 1. The number of nitrogens with two attached hydrogens (primary N) is 1. The van der Waals surface area contributed by atoms with Gasteiger partial charge in [0, 0.05) is 17.3 Å². The first-order valence-corrected chi connectivity index (χ1v) is 9.34. The third-order valence-corrected chi connectivity index (χ3v) is 5.08. The number of primary amides is 1. The Morgan fingerprint density at radius 2 is 1.74 bits per heavy atom. The number of carbonyl (C=O) groups excluding carboxylic acids is 1. The van der Waals surface area contributed by atoms with Gasteiger partial charge in [0.25, 0.3) is 0 Å². The van der Waals surface area contributed by atoms with Crippen LogP contribution in [0.25, 0.3) is 16.9 Å². The SMILES string of the molecule is CC(C)(C)c1ccc(-n2cc(CC(N)=O)c(-c3ccc(Cl)c(Cl)c3)n2)cc1. The van der Waals surface area contributed by atoms with Gasteiger partial charge < -0.3 is 5.73 Å². The van der Waals surface area contributed by atoms with Gasteiger partial charge in [0.2, 0.25) is 5.91 Å². The molecule has 4 nitrogen and oxygen atoms in total. The maximum absolute atomic E-state index is 11.5. The summed E-state index contributed by atoms with van der Waals surface area (Å²) in [6.07, 6.45) is 1.92. The Kier molecular flexibility index (Phi) is 5.31. The van der Waals surface area contributed by atoms with Crippen LogP contribution in [0.2, 0.25) is 10.0 Å². The molecule has 27 heavy (non-hydrogen) atoms. The van der Waals surface area contributed by atoms with Crippen molar-refractivity contribution in [3.8, 4) is 16.9 Å². The Morgan fingerprint density at radius 3 is 2.30 bits per heavy atom. The van der Waals surface area contributed by atoms with Crippen LogP contribution in [0.4, 0.5) is 0 Å². The van der Waals surface area contributed by atoms with Gasteiger partial charge in [-0.2, -0.15) is 5.10 Å². The van der Waals surface area contributed by atoms with Crippen molar-refractivity contribution in [2.24, 2.45) is 5.73 Å². The first kappa shape index (κ1) is 19.5. The average Bonchev–Trinajstić information content (AvgIpc) is 3.00. The molecule has 0 fully saturated rings. The molecular formula is C21H21Cl2N3O. The Bertz CT molecular complexity index is 986. The van der Waals surface area contributed by atoms with Gasteiger partial charge in [0.1, 0.15) is 0 Å². The monoisotopic (exact) mass is 401 g/mol. The van der Waals surface area contributed by atoms with E-state index in [-0.39, 0.29) is 11.8 Å². The Hall–Kier alpha value is -2.30. The lowest BCUT2D eigenvalue weighted by molar-refractivity contribution is -0.117. The molecule has 0 bridgehead atoms. The number of hydrogen-bond acceptors (Lipinski definition) is 2. The fraction of sp³-hybridized carbons (Fsp3) is 0.238. The van der Waals surface area contributed by atoms with E-state index in [0.717, 1.165) is 16.8 Å². The van der Waals surface area contributed by atoms with Gasteiger partial charge in [-0.15, -0.1) is 0 Å². The van der Waals surface area contributed by atoms with Crippen molar-refractivity contribution in [1.82, 2.24) is 9.78 Å². The molecule has 0 saturated carbocycles. The van der Waals surface area contributed by atoms with E-state index in [9.17, 15) is 4.79 Å². The van der Waals surface area contributed by atoms with Crippen LogP contribution >= 0.6 is 23.2 Å². The summed E-state index contributed by atoms with van der Waals surface area (Å²) in [6, 6.07) is 13.5. The summed E-state index contributed by atoms with van der Waals surface area (Å²) >= 11 is 12.2. The first-order chi connectivity index (χ1) is 12.6. The highest BCUT2D eigenvalue weighted by Gasteiger charge is 2.17. The molecule has 3 aromatic rings. The van der Waals surface area contributed by atoms with Gasteiger partial charge in [-0.3, -0.25) is 4.79 Å². The summed E-state index contributed by atoms with van der Waals surface area (Å²) in [6.45, 7) is 6.51. The molecule has 140 valence electrons. The zero-order chi connectivity index (χ0) is 19.8. The molecule has 0 unspecified atom stereocenters. The van der Waals surface area contributed by atoms with E-state index in [1.54, 1.807) is 16.8 Å². The molecule has 0 atom stereocenters. The maximum Gasteiger partial charge on any atom is 0.221 e. The minimum absolute atomic E-state index is 0.0744. The molecular weight excluding hydrogens is 381 g/mol. The van der Waals surface area contributed by atoms with Gasteiger partial charge >= 0.3 is 0 Å². The molecule has 0 radical (unpaired) electrons. The fourth-order valence-corrected chi connectivity index (χ4v) is 3.16. The molecule has 0 aliphatic rings. The molecule has 0 spiro atoms.